The predicted octanol–water partition coefficient (Wildman–Crippen LogP) is 4.02. The van der Waals surface area contributed by atoms with Crippen LogP contribution in [-0.2, 0) is 6.42 Å². The standard InChI is InChI=1S/C17H20N2O/c1-4-10-17(12-18,13-19)11-15-6-8-16(9-7-15)20-14(3)5-2/h4,6-9,14H,1,5,10-11H2,2-3H3. The summed E-state index contributed by atoms with van der Waals surface area (Å²) in [6, 6.07) is 11.8. The van der Waals surface area contributed by atoms with Gasteiger partial charge in [-0.3, -0.25) is 0 Å². The summed E-state index contributed by atoms with van der Waals surface area (Å²) in [5.41, 5.74) is -0.0765. The quantitative estimate of drug-likeness (QED) is 0.702. The van der Waals surface area contributed by atoms with Crippen molar-refractivity contribution in [3.05, 3.63) is 42.5 Å². The molecule has 104 valence electrons. The summed E-state index contributed by atoms with van der Waals surface area (Å²) in [7, 11) is 0. The molecule has 1 rings (SSSR count). The van der Waals surface area contributed by atoms with E-state index in [0.29, 0.717) is 12.8 Å². The van der Waals surface area contributed by atoms with Crippen LogP contribution in [0.2, 0.25) is 0 Å². The lowest BCUT2D eigenvalue weighted by Crippen LogP contribution is -2.18. The minimum absolute atomic E-state index is 0.180. The first kappa shape index (κ1) is 15.8. The molecule has 0 radical (unpaired) electrons. The maximum atomic E-state index is 9.23. The number of rotatable bonds is 7. The van der Waals surface area contributed by atoms with E-state index in [0.717, 1.165) is 17.7 Å². The van der Waals surface area contributed by atoms with E-state index in [1.54, 1.807) is 6.08 Å². The van der Waals surface area contributed by atoms with Crippen LogP contribution in [0.4, 0.5) is 0 Å². The molecule has 1 unspecified atom stereocenters. The van der Waals surface area contributed by atoms with E-state index < -0.39 is 5.41 Å². The van der Waals surface area contributed by atoms with Crippen molar-refractivity contribution in [1.82, 2.24) is 0 Å². The Bertz CT molecular complexity index is 505. The van der Waals surface area contributed by atoms with E-state index in [1.165, 1.54) is 0 Å². The van der Waals surface area contributed by atoms with Gasteiger partial charge in [-0.25, -0.2) is 0 Å². The average molecular weight is 268 g/mol. The Morgan fingerprint density at radius 2 is 1.90 bits per heavy atom. The minimum atomic E-state index is -1.03. The van der Waals surface area contributed by atoms with Crippen LogP contribution in [0.25, 0.3) is 0 Å². The van der Waals surface area contributed by atoms with Crippen molar-refractivity contribution in [3.63, 3.8) is 0 Å². The summed E-state index contributed by atoms with van der Waals surface area (Å²) >= 11 is 0. The zero-order valence-electron chi connectivity index (χ0n) is 12.1. The topological polar surface area (TPSA) is 56.8 Å². The van der Waals surface area contributed by atoms with Gasteiger partial charge in [0.15, 0.2) is 5.41 Å². The molecule has 1 atom stereocenters. The van der Waals surface area contributed by atoms with Gasteiger partial charge in [0.05, 0.1) is 18.2 Å². The van der Waals surface area contributed by atoms with Crippen LogP contribution >= 0.6 is 0 Å². The van der Waals surface area contributed by atoms with Gasteiger partial charge < -0.3 is 4.74 Å². The fourth-order valence-electron chi connectivity index (χ4n) is 1.86. The first-order valence-corrected chi connectivity index (χ1v) is 6.78. The molecule has 0 saturated heterocycles. The fraction of sp³-hybridized carbons (Fsp3) is 0.412. The number of nitriles is 2. The van der Waals surface area contributed by atoms with Crippen molar-refractivity contribution >= 4 is 0 Å². The number of ether oxygens (including phenoxy) is 1. The van der Waals surface area contributed by atoms with Gasteiger partial charge in [0.2, 0.25) is 0 Å². The third-order valence-electron chi connectivity index (χ3n) is 3.26. The summed E-state index contributed by atoms with van der Waals surface area (Å²) in [5, 5.41) is 18.5. The Morgan fingerprint density at radius 1 is 1.30 bits per heavy atom. The normalized spacial score (nSPS) is 12.0. The van der Waals surface area contributed by atoms with Gasteiger partial charge in [0.25, 0.3) is 0 Å². The molecule has 0 saturated carbocycles. The molecule has 0 aromatic heterocycles. The van der Waals surface area contributed by atoms with Gasteiger partial charge in [-0.05, 0) is 37.5 Å². The molecule has 0 N–H and O–H groups in total. The molecule has 0 aliphatic rings. The molecule has 0 heterocycles. The largest absolute Gasteiger partial charge is 0.491 e. The van der Waals surface area contributed by atoms with Crippen LogP contribution in [0.15, 0.2) is 36.9 Å². The lowest BCUT2D eigenvalue weighted by Gasteiger charge is -2.17. The maximum Gasteiger partial charge on any atom is 0.151 e. The van der Waals surface area contributed by atoms with Crippen LogP contribution in [0.5, 0.6) is 5.75 Å². The zero-order valence-corrected chi connectivity index (χ0v) is 12.1. The lowest BCUT2D eigenvalue weighted by atomic mass is 9.81. The van der Waals surface area contributed by atoms with Gasteiger partial charge in [0.1, 0.15) is 5.75 Å². The molecule has 0 amide bonds. The third-order valence-corrected chi connectivity index (χ3v) is 3.26. The summed E-state index contributed by atoms with van der Waals surface area (Å²) in [6.07, 6.45) is 3.51. The SMILES string of the molecule is C=CCC(C#N)(C#N)Cc1ccc(OC(C)CC)cc1. The van der Waals surface area contributed by atoms with Crippen molar-refractivity contribution in [1.29, 1.82) is 10.5 Å². The Balaban J connectivity index is 2.81. The van der Waals surface area contributed by atoms with E-state index in [2.05, 4.69) is 25.6 Å². The molecule has 1 aromatic carbocycles. The highest BCUT2D eigenvalue weighted by Gasteiger charge is 2.28. The molecule has 0 fully saturated rings. The Labute approximate surface area is 121 Å². The van der Waals surface area contributed by atoms with Crippen molar-refractivity contribution < 1.29 is 4.74 Å². The lowest BCUT2D eigenvalue weighted by molar-refractivity contribution is 0.217. The molecule has 0 spiro atoms. The number of hydrogen-bond acceptors (Lipinski definition) is 3. The Hall–Kier alpha value is -2.26. The second-order valence-corrected chi connectivity index (χ2v) is 4.96. The molecule has 20 heavy (non-hydrogen) atoms. The number of hydrogen-bond donors (Lipinski definition) is 0. The predicted molar refractivity (Wildman–Crippen MR) is 79.0 cm³/mol. The highest BCUT2D eigenvalue weighted by Crippen LogP contribution is 2.27. The molecule has 3 nitrogen and oxygen atoms in total. The van der Waals surface area contributed by atoms with Crippen LogP contribution in [0, 0.1) is 28.1 Å². The second-order valence-electron chi connectivity index (χ2n) is 4.96. The van der Waals surface area contributed by atoms with Gasteiger partial charge in [-0.15, -0.1) is 6.58 Å². The first-order valence-electron chi connectivity index (χ1n) is 6.78. The van der Waals surface area contributed by atoms with E-state index in [4.69, 9.17) is 4.74 Å². The van der Waals surface area contributed by atoms with E-state index >= 15 is 0 Å². The van der Waals surface area contributed by atoms with Gasteiger partial charge >= 0.3 is 0 Å². The molecule has 3 heteroatoms. The molecular weight excluding hydrogens is 248 g/mol. The van der Waals surface area contributed by atoms with Crippen LogP contribution < -0.4 is 4.74 Å². The monoisotopic (exact) mass is 268 g/mol. The molecule has 1 aromatic rings. The number of benzene rings is 1. The molecule has 0 aliphatic heterocycles. The summed E-state index contributed by atoms with van der Waals surface area (Å²) in [5.74, 6) is 0.811. The summed E-state index contributed by atoms with van der Waals surface area (Å²) in [6.45, 7) is 7.71. The van der Waals surface area contributed by atoms with E-state index in [1.807, 2.05) is 31.2 Å². The summed E-state index contributed by atoms with van der Waals surface area (Å²) in [4.78, 5) is 0. The van der Waals surface area contributed by atoms with E-state index in [-0.39, 0.29) is 6.10 Å². The highest BCUT2D eigenvalue weighted by atomic mass is 16.5. The van der Waals surface area contributed by atoms with Gasteiger partial charge in [0, 0.05) is 6.42 Å². The third kappa shape index (κ3) is 4.14. The molecular formula is C17H20N2O. The Morgan fingerprint density at radius 3 is 2.35 bits per heavy atom. The first-order chi connectivity index (χ1) is 9.59. The van der Waals surface area contributed by atoms with Crippen LogP contribution in [0.1, 0.15) is 32.3 Å². The van der Waals surface area contributed by atoms with Crippen molar-refractivity contribution in [2.24, 2.45) is 5.41 Å². The smallest absolute Gasteiger partial charge is 0.151 e. The van der Waals surface area contributed by atoms with Crippen molar-refractivity contribution in [2.45, 2.75) is 39.2 Å². The number of allylic oxidation sites excluding steroid dienone is 1. The fourth-order valence-corrected chi connectivity index (χ4v) is 1.86. The molecule has 0 bridgehead atoms. The van der Waals surface area contributed by atoms with E-state index in [9.17, 15) is 10.5 Å². The number of nitrogens with zero attached hydrogens (tertiary/aromatic N) is 2. The summed E-state index contributed by atoms with van der Waals surface area (Å²) < 4.78 is 5.70. The van der Waals surface area contributed by atoms with Gasteiger partial charge in [-0.1, -0.05) is 25.1 Å². The molecule has 0 aliphatic carbocycles. The zero-order chi connectivity index (χ0) is 15.0. The second kappa shape index (κ2) is 7.36. The highest BCUT2D eigenvalue weighted by molar-refractivity contribution is 5.31. The van der Waals surface area contributed by atoms with Crippen LogP contribution in [-0.4, -0.2) is 6.10 Å². The van der Waals surface area contributed by atoms with Gasteiger partial charge in [-0.2, -0.15) is 10.5 Å². The Kier molecular flexibility index (Phi) is 5.81. The minimum Gasteiger partial charge on any atom is -0.491 e. The van der Waals surface area contributed by atoms with Crippen molar-refractivity contribution in [3.8, 4) is 17.9 Å². The average Bonchev–Trinajstić information content (AvgIpc) is 2.48. The van der Waals surface area contributed by atoms with Crippen LogP contribution in [0.3, 0.4) is 0 Å². The maximum absolute atomic E-state index is 9.23. The van der Waals surface area contributed by atoms with Crippen molar-refractivity contribution in [2.75, 3.05) is 0 Å².